The van der Waals surface area contributed by atoms with E-state index < -0.39 is 28.3 Å². The number of rotatable bonds is 25. The second kappa shape index (κ2) is 25.5. The highest BCUT2D eigenvalue weighted by molar-refractivity contribution is 8.93. The lowest BCUT2D eigenvalue weighted by Crippen LogP contribution is -2.46. The summed E-state index contributed by atoms with van der Waals surface area (Å²) in [5, 5.41) is 38.6. The molecule has 2 rings (SSSR count). The molecule has 270 valence electrons. The first-order chi connectivity index (χ1) is 22.6. The van der Waals surface area contributed by atoms with Gasteiger partial charge in [0.2, 0.25) is 21.9 Å². The molecule has 2 unspecified atom stereocenters. The lowest BCUT2D eigenvalue weighted by molar-refractivity contribution is -0.142. The zero-order chi connectivity index (χ0) is 34.3. The van der Waals surface area contributed by atoms with Gasteiger partial charge in [0.25, 0.3) is 0 Å². The molecule has 2 aliphatic heterocycles. The number of carboxylic acid groups (broad SMARTS) is 2. The van der Waals surface area contributed by atoms with Crippen molar-refractivity contribution < 1.29 is 39.3 Å². The second-order valence-corrected chi connectivity index (χ2v) is 20.1. The Morgan fingerprint density at radius 1 is 0.766 bits per heavy atom. The third-order valence-electron chi connectivity index (χ3n) is 7.72. The zero-order valence-corrected chi connectivity index (χ0v) is 31.8. The molecule has 17 heteroatoms. The van der Waals surface area contributed by atoms with Gasteiger partial charge in [0, 0.05) is 25.8 Å². The summed E-state index contributed by atoms with van der Waals surface area (Å²) in [4.78, 5) is 59.8. The molecule has 4 atom stereocenters. The Hall–Kier alpha value is -0.430. The Morgan fingerprint density at radius 2 is 1.38 bits per heavy atom. The average Bonchev–Trinajstić information content (AvgIpc) is 3.08. The number of Topliss-reactive ketones (excluding diaryl/α,β-unsaturated/α-hetero) is 1. The summed E-state index contributed by atoms with van der Waals surface area (Å²) >= 11 is 0. The maximum absolute atomic E-state index is 13.0. The van der Waals surface area contributed by atoms with Crippen molar-refractivity contribution >= 4 is 94.3 Å². The van der Waals surface area contributed by atoms with Crippen LogP contribution in [0.2, 0.25) is 0 Å². The number of carbonyl (C=O) groups excluding carboxylic acids is 3. The molecular weight excluding hydrogens is 723 g/mol. The SMILES string of the molecule is O=C(O)CCCCCCCCCCCCCCC(=O)N[C@@H](CCC(=O)NCCCC[C@@H]1NC2SSCSSC(O)(SS2)C1=O)C(=O)O. The molecule has 2 aliphatic rings. The number of aliphatic carboxylic acids is 2. The third-order valence-corrected chi connectivity index (χ3v) is 18.1. The number of ketones is 1. The van der Waals surface area contributed by atoms with E-state index in [4.69, 9.17) is 5.11 Å². The zero-order valence-electron chi connectivity index (χ0n) is 26.9. The van der Waals surface area contributed by atoms with Crippen molar-refractivity contribution in [3.8, 4) is 0 Å². The fourth-order valence-electron chi connectivity index (χ4n) is 5.08. The van der Waals surface area contributed by atoms with Gasteiger partial charge >= 0.3 is 11.9 Å². The number of carbonyl (C=O) groups is 5. The number of unbranched alkanes of at least 4 members (excludes halogenated alkanes) is 12. The quantitative estimate of drug-likeness (QED) is 0.0423. The molecule has 11 nitrogen and oxygen atoms in total. The largest absolute Gasteiger partial charge is 0.481 e. The van der Waals surface area contributed by atoms with Crippen molar-refractivity contribution in [2.75, 3.05) is 11.6 Å². The number of fused-ring (bicyclic) bond motifs is 3. The Kier molecular flexibility index (Phi) is 23.2. The minimum absolute atomic E-state index is 0.0103. The van der Waals surface area contributed by atoms with Crippen molar-refractivity contribution in [1.82, 2.24) is 16.0 Å². The number of nitrogens with one attached hydrogen (secondary N) is 3. The van der Waals surface area contributed by atoms with E-state index >= 15 is 0 Å². The molecule has 0 saturated carbocycles. The molecular formula is C30H51N3O8S6. The molecule has 0 aromatic heterocycles. The molecule has 0 aromatic carbocycles. The van der Waals surface area contributed by atoms with Gasteiger partial charge in [-0.05, 0) is 60.1 Å². The fraction of sp³-hybridized carbons (Fsp3) is 0.833. The average molecular weight is 774 g/mol. The van der Waals surface area contributed by atoms with E-state index in [1.807, 2.05) is 0 Å². The van der Waals surface area contributed by atoms with E-state index in [1.54, 1.807) is 21.6 Å². The van der Waals surface area contributed by atoms with Crippen LogP contribution in [-0.4, -0.2) is 77.5 Å². The first kappa shape index (κ1) is 42.7. The maximum Gasteiger partial charge on any atom is 0.326 e. The van der Waals surface area contributed by atoms with Crippen LogP contribution in [0.1, 0.15) is 122 Å². The van der Waals surface area contributed by atoms with Gasteiger partial charge in [-0.1, -0.05) is 107 Å². The minimum atomic E-state index is -1.49. The Bertz CT molecular complexity index is 984. The van der Waals surface area contributed by atoms with Crippen molar-refractivity contribution in [1.29, 1.82) is 0 Å². The molecule has 2 amide bonds. The number of hydrogen-bond donors (Lipinski definition) is 6. The molecule has 0 radical (unpaired) electrons. The van der Waals surface area contributed by atoms with E-state index in [2.05, 4.69) is 16.0 Å². The fourth-order valence-corrected chi connectivity index (χ4v) is 15.8. The molecule has 0 spiro atoms. The highest BCUT2D eigenvalue weighted by atomic mass is 33.2. The van der Waals surface area contributed by atoms with Gasteiger partial charge in [-0.15, -0.1) is 0 Å². The van der Waals surface area contributed by atoms with E-state index in [1.165, 1.54) is 62.4 Å². The van der Waals surface area contributed by atoms with Gasteiger partial charge in [-0.25, -0.2) is 4.79 Å². The van der Waals surface area contributed by atoms with Crippen LogP contribution in [-0.2, 0) is 24.0 Å². The second-order valence-electron chi connectivity index (χ2n) is 11.7. The third kappa shape index (κ3) is 19.5. The van der Waals surface area contributed by atoms with E-state index in [-0.39, 0.29) is 48.0 Å². The van der Waals surface area contributed by atoms with E-state index in [0.717, 1.165) is 56.5 Å². The highest BCUT2D eigenvalue weighted by Crippen LogP contribution is 2.57. The predicted molar refractivity (Wildman–Crippen MR) is 199 cm³/mol. The lowest BCUT2D eigenvalue weighted by Gasteiger charge is -2.26. The number of hydrogen-bond acceptors (Lipinski definition) is 13. The van der Waals surface area contributed by atoms with Crippen LogP contribution in [0.4, 0.5) is 0 Å². The number of carboxylic acids is 2. The molecule has 2 saturated heterocycles. The van der Waals surface area contributed by atoms with Crippen molar-refractivity contribution in [2.45, 2.75) is 143 Å². The van der Waals surface area contributed by atoms with Crippen molar-refractivity contribution in [3.05, 3.63) is 0 Å². The van der Waals surface area contributed by atoms with Gasteiger partial charge in [-0.2, -0.15) is 0 Å². The van der Waals surface area contributed by atoms with Crippen LogP contribution in [0.3, 0.4) is 0 Å². The normalized spacial score (nSPS) is 22.0. The van der Waals surface area contributed by atoms with Crippen LogP contribution in [0.25, 0.3) is 0 Å². The molecule has 47 heavy (non-hydrogen) atoms. The Balaban J connectivity index is 1.50. The Morgan fingerprint density at radius 3 is 2.00 bits per heavy atom. The summed E-state index contributed by atoms with van der Waals surface area (Å²) in [6, 6.07) is -1.59. The van der Waals surface area contributed by atoms with Gasteiger partial charge in [0.15, 0.2) is 0 Å². The minimum Gasteiger partial charge on any atom is -0.481 e. The van der Waals surface area contributed by atoms with Gasteiger partial charge < -0.3 is 26.0 Å². The van der Waals surface area contributed by atoms with E-state index in [0.29, 0.717) is 32.2 Å². The highest BCUT2D eigenvalue weighted by Gasteiger charge is 2.46. The topological polar surface area (TPSA) is 182 Å². The lowest BCUT2D eigenvalue weighted by atomic mass is 10.0. The summed E-state index contributed by atoms with van der Waals surface area (Å²) in [5.41, 5.74) is 0. The van der Waals surface area contributed by atoms with Crippen LogP contribution < -0.4 is 16.0 Å². The van der Waals surface area contributed by atoms with Gasteiger partial charge in [0.1, 0.15) is 10.7 Å². The van der Waals surface area contributed by atoms with E-state index in [9.17, 15) is 34.2 Å². The summed E-state index contributed by atoms with van der Waals surface area (Å²) < 4.78 is -1.51. The summed E-state index contributed by atoms with van der Waals surface area (Å²) in [7, 11) is 8.70. The van der Waals surface area contributed by atoms with Gasteiger partial charge in [0.05, 0.1) is 11.1 Å². The molecule has 6 N–H and O–H groups in total. The van der Waals surface area contributed by atoms with Crippen LogP contribution >= 0.6 is 64.8 Å². The Labute approximate surface area is 302 Å². The summed E-state index contributed by atoms with van der Waals surface area (Å²) in [5.74, 6) is -2.70. The molecule has 2 bridgehead atoms. The summed E-state index contributed by atoms with van der Waals surface area (Å²) in [6.07, 6.45) is 14.9. The van der Waals surface area contributed by atoms with Gasteiger partial charge in [-0.3, -0.25) is 24.5 Å². The first-order valence-electron chi connectivity index (χ1n) is 16.6. The number of amides is 2. The van der Waals surface area contributed by atoms with Crippen molar-refractivity contribution in [2.24, 2.45) is 0 Å². The smallest absolute Gasteiger partial charge is 0.326 e. The van der Waals surface area contributed by atoms with Crippen molar-refractivity contribution in [3.63, 3.8) is 0 Å². The molecule has 0 aromatic rings. The summed E-state index contributed by atoms with van der Waals surface area (Å²) in [6.45, 7) is 0.395. The molecule has 0 aliphatic carbocycles. The standard InChI is InChI=1S/C30H51N3O8S6/c34-24(31-20-14-13-15-22-27(38)30(41)46-43-21-42-44-29(33-22)45-47-30)19-18-23(28(39)40)32-25(35)16-11-9-7-5-3-1-2-4-6-8-10-12-17-26(36)37/h22-23,29,33,41H,1-21H2,(H,31,34)(H,32,35)(H,36,37)(H,39,40)/t22-,23-,29?,30?/m0/s1. The molecule has 2 fully saturated rings. The van der Waals surface area contributed by atoms with Crippen LogP contribution in [0.15, 0.2) is 0 Å². The monoisotopic (exact) mass is 773 g/mol. The maximum atomic E-state index is 13.0. The molecule has 2 heterocycles. The predicted octanol–water partition coefficient (Wildman–Crippen LogP) is 6.75. The van der Waals surface area contributed by atoms with Crippen LogP contribution in [0, 0.1) is 0 Å². The van der Waals surface area contributed by atoms with Crippen LogP contribution in [0.5, 0.6) is 0 Å². The first-order valence-corrected chi connectivity index (χ1v) is 23.5. The number of aliphatic hydroxyl groups is 1.